The Morgan fingerprint density at radius 2 is 0.676 bits per heavy atom. The molecule has 19 heteroatoms. The maximum Gasteiger partial charge on any atom is 0.0756 e. The number of ether oxygens (including phenoxy) is 1. The molecular formula is C83H97Cl3N6O10. The van der Waals surface area contributed by atoms with Gasteiger partial charge in [0.25, 0.3) is 0 Å². The number of aliphatic hydroxyl groups excluding tert-OH is 9. The van der Waals surface area contributed by atoms with E-state index in [-0.39, 0.29) is 70.6 Å². The summed E-state index contributed by atoms with van der Waals surface area (Å²) in [5, 5.41) is 87.7. The number of aryl methyl sites for hydroxylation is 1. The first kappa shape index (κ1) is 76.9. The molecule has 9 aromatic carbocycles. The van der Waals surface area contributed by atoms with E-state index in [1.54, 1.807) is 0 Å². The molecule has 3 aliphatic heterocycles. The molecule has 16 nitrogen and oxygen atoms in total. The van der Waals surface area contributed by atoms with E-state index < -0.39 is 6.10 Å². The summed E-state index contributed by atoms with van der Waals surface area (Å²) >= 11 is 18.5. The quantitative estimate of drug-likeness (QED) is 0.0200. The number of morpholine rings is 1. The third kappa shape index (κ3) is 20.4. The molecule has 3 aliphatic rings. The Hall–Kier alpha value is -7.75. The number of halogens is 3. The Balaban J connectivity index is 0.000000165. The first-order valence-electron chi connectivity index (χ1n) is 35.4. The van der Waals surface area contributed by atoms with Gasteiger partial charge in [0.2, 0.25) is 0 Å². The molecule has 0 amide bonds. The summed E-state index contributed by atoms with van der Waals surface area (Å²) in [6.07, 6.45) is 2.23. The van der Waals surface area contributed by atoms with Crippen molar-refractivity contribution < 1.29 is 50.7 Å². The summed E-state index contributed by atoms with van der Waals surface area (Å²) in [5.74, 6) is 0.0780. The SMILES string of the molecule is OCCN(CCO)c1ccc(C(c2ccc(Cl)cc2)c2ccc(N3CCOCC3)cc2)cc1.OCCN(CCO)c1ccc(C(c2ccc(Cl)cc2)c2ccc3c(c2)CC(O)CN3CCO)cc1.OCCN(CCO)c1ccc(C(c2ccc(Cl)cc2)c2ccc3c(c2)CCCN3CCO)cc1. The van der Waals surface area contributed by atoms with Crippen LogP contribution in [-0.4, -0.2) is 197 Å². The molecule has 0 aliphatic carbocycles. The van der Waals surface area contributed by atoms with Crippen LogP contribution in [0.2, 0.25) is 15.1 Å². The number of aliphatic hydroxyl groups is 9. The first-order valence-corrected chi connectivity index (χ1v) is 36.5. The van der Waals surface area contributed by atoms with Gasteiger partial charge in [-0.15, -0.1) is 0 Å². The zero-order chi connectivity index (χ0) is 71.7. The van der Waals surface area contributed by atoms with Crippen LogP contribution in [0.3, 0.4) is 0 Å². The second kappa shape index (κ2) is 39.2. The van der Waals surface area contributed by atoms with Crippen molar-refractivity contribution in [3.8, 4) is 0 Å². The van der Waals surface area contributed by atoms with E-state index in [1.165, 1.54) is 50.3 Å². The highest BCUT2D eigenvalue weighted by atomic mass is 35.5. The lowest BCUT2D eigenvalue weighted by Crippen LogP contribution is -2.40. The van der Waals surface area contributed by atoms with Gasteiger partial charge in [0.05, 0.1) is 72.2 Å². The van der Waals surface area contributed by atoms with Crippen molar-refractivity contribution in [2.45, 2.75) is 43.1 Å². The molecule has 0 radical (unpaired) electrons. The second-order valence-electron chi connectivity index (χ2n) is 25.8. The Morgan fingerprint density at radius 3 is 1.04 bits per heavy atom. The first-order chi connectivity index (χ1) is 49.9. The molecule has 1 saturated heterocycles. The molecule has 3 heterocycles. The lowest BCUT2D eigenvalue weighted by molar-refractivity contribution is 0.122. The van der Waals surface area contributed by atoms with Gasteiger partial charge in [-0.1, -0.05) is 144 Å². The van der Waals surface area contributed by atoms with E-state index in [4.69, 9.17) is 39.5 Å². The van der Waals surface area contributed by atoms with E-state index >= 15 is 0 Å². The average molecular weight is 1450 g/mol. The molecular weight excluding hydrogens is 1350 g/mol. The van der Waals surface area contributed by atoms with Crippen molar-refractivity contribution in [2.24, 2.45) is 0 Å². The van der Waals surface area contributed by atoms with E-state index in [1.807, 2.05) is 80.3 Å². The third-order valence-corrected chi connectivity index (χ3v) is 20.0. The van der Waals surface area contributed by atoms with Gasteiger partial charge in [0.15, 0.2) is 0 Å². The largest absolute Gasteiger partial charge is 0.395 e. The monoisotopic (exact) mass is 1440 g/mol. The Kier molecular flexibility index (Phi) is 29.6. The molecule has 0 aromatic heterocycles. The maximum atomic E-state index is 10.4. The normalized spacial score (nSPS) is 15.0. The zero-order valence-corrected chi connectivity index (χ0v) is 60.1. The van der Waals surface area contributed by atoms with Gasteiger partial charge in [0, 0.05) is 152 Å². The number of fused-ring (bicyclic) bond motifs is 2. The van der Waals surface area contributed by atoms with Gasteiger partial charge in [-0.2, -0.15) is 0 Å². The van der Waals surface area contributed by atoms with E-state index in [0.717, 1.165) is 95.7 Å². The van der Waals surface area contributed by atoms with Crippen molar-refractivity contribution in [3.63, 3.8) is 0 Å². The van der Waals surface area contributed by atoms with Crippen LogP contribution in [-0.2, 0) is 17.6 Å². The average Bonchev–Trinajstić information content (AvgIpc) is 0.784. The summed E-state index contributed by atoms with van der Waals surface area (Å²) in [4.78, 5) is 12.6. The number of anilines is 6. The van der Waals surface area contributed by atoms with Crippen LogP contribution in [0.15, 0.2) is 206 Å². The van der Waals surface area contributed by atoms with E-state index in [9.17, 15) is 46.0 Å². The number of benzene rings is 9. The molecule has 0 bridgehead atoms. The van der Waals surface area contributed by atoms with Gasteiger partial charge < -0.3 is 80.1 Å². The molecule has 540 valence electrons. The van der Waals surface area contributed by atoms with Crippen LogP contribution in [0.25, 0.3) is 0 Å². The number of hydrogen-bond acceptors (Lipinski definition) is 16. The molecule has 9 N–H and O–H groups in total. The molecule has 102 heavy (non-hydrogen) atoms. The highest BCUT2D eigenvalue weighted by Gasteiger charge is 2.28. The van der Waals surface area contributed by atoms with Crippen LogP contribution < -0.4 is 29.4 Å². The molecule has 0 saturated carbocycles. The summed E-state index contributed by atoms with van der Waals surface area (Å²) < 4.78 is 5.48. The van der Waals surface area contributed by atoms with Crippen LogP contribution in [0.5, 0.6) is 0 Å². The Labute approximate surface area is 615 Å². The number of nitrogens with zero attached hydrogens (tertiary/aromatic N) is 6. The van der Waals surface area contributed by atoms with Gasteiger partial charge in [-0.3, -0.25) is 0 Å². The number of hydrogen-bond donors (Lipinski definition) is 9. The highest BCUT2D eigenvalue weighted by Crippen LogP contribution is 2.41. The van der Waals surface area contributed by atoms with Crippen molar-refractivity contribution in [3.05, 3.63) is 283 Å². The predicted molar refractivity (Wildman–Crippen MR) is 415 cm³/mol. The molecule has 0 spiro atoms. The van der Waals surface area contributed by atoms with Crippen molar-refractivity contribution >= 4 is 68.9 Å². The van der Waals surface area contributed by atoms with Crippen LogP contribution in [0, 0.1) is 0 Å². The van der Waals surface area contributed by atoms with Crippen LogP contribution >= 0.6 is 34.8 Å². The smallest absolute Gasteiger partial charge is 0.0756 e. The summed E-state index contributed by atoms with van der Waals surface area (Å²) in [5.41, 5.74) is 19.2. The predicted octanol–water partition coefficient (Wildman–Crippen LogP) is 11.2. The Morgan fingerprint density at radius 1 is 0.363 bits per heavy atom. The summed E-state index contributed by atoms with van der Waals surface area (Å²) in [7, 11) is 0. The minimum absolute atomic E-state index is 0.0173. The van der Waals surface area contributed by atoms with E-state index in [2.05, 4.69) is 155 Å². The fraction of sp³-hybridized carbons (Fsp3) is 0.349. The van der Waals surface area contributed by atoms with Crippen molar-refractivity contribution in [1.82, 2.24) is 0 Å². The minimum Gasteiger partial charge on any atom is -0.395 e. The topological polar surface area (TPSA) is 211 Å². The minimum atomic E-state index is -0.471. The second-order valence-corrected chi connectivity index (χ2v) is 27.1. The number of β-amino-alcohol motifs (C(OH)–C–C–N with tert-alkyl or cyclic N) is 3. The van der Waals surface area contributed by atoms with Crippen molar-refractivity contribution in [2.75, 3.05) is 174 Å². The summed E-state index contributed by atoms with van der Waals surface area (Å²) in [6, 6.07) is 70.8. The van der Waals surface area contributed by atoms with Crippen molar-refractivity contribution in [1.29, 1.82) is 0 Å². The molecule has 12 rings (SSSR count). The standard InChI is InChI=1S/C28H33ClN2O4.C28H33ClN2O3.C27H31ClN2O3/c29-24-6-1-20(2-7-24)28(21-3-8-25(9-4-21)30(11-14-32)12-15-33)22-5-10-27-23(17-22)18-26(35)19-31(27)13-16-34;29-25-8-3-21(4-9-25)28(22-5-10-26(11-6-22)30(14-17-32)15-18-33)24-7-12-27-23(20-24)2-1-13-31(27)16-19-34;28-24-7-1-21(2-8-24)27(22-3-9-25(10-4-22)29(13-17-31)14-18-32)23-5-11-26(12-6-23)30-15-19-33-20-16-30/h1-10,17,26,28,32-35H,11-16,18-19H2;3-12,20,28,32-34H,1-2,13-19H2;1-12,27,31-32H,13-20H2. The molecule has 1 fully saturated rings. The summed E-state index contributed by atoms with van der Waals surface area (Å²) in [6.45, 7) is 9.28. The van der Waals surface area contributed by atoms with Gasteiger partial charge in [-0.25, -0.2) is 0 Å². The number of rotatable bonds is 29. The molecule has 9 aromatic rings. The van der Waals surface area contributed by atoms with Crippen LogP contribution in [0.4, 0.5) is 34.1 Å². The zero-order valence-electron chi connectivity index (χ0n) is 57.9. The lowest BCUT2D eigenvalue weighted by atomic mass is 9.83. The molecule has 4 unspecified atom stereocenters. The highest BCUT2D eigenvalue weighted by molar-refractivity contribution is 6.31. The maximum absolute atomic E-state index is 10.4. The Bertz CT molecular complexity index is 3930. The third-order valence-electron chi connectivity index (χ3n) is 19.3. The fourth-order valence-corrected chi connectivity index (χ4v) is 14.7. The van der Waals surface area contributed by atoms with E-state index in [0.29, 0.717) is 75.4 Å². The van der Waals surface area contributed by atoms with Gasteiger partial charge in [-0.05, 0) is 171 Å². The van der Waals surface area contributed by atoms with Gasteiger partial charge in [0.1, 0.15) is 0 Å². The fourth-order valence-electron chi connectivity index (χ4n) is 14.4. The van der Waals surface area contributed by atoms with Crippen LogP contribution in [0.1, 0.15) is 85.4 Å². The van der Waals surface area contributed by atoms with Gasteiger partial charge >= 0.3 is 0 Å². The molecule has 4 atom stereocenters. The lowest BCUT2D eigenvalue weighted by Gasteiger charge is -2.34.